The zero-order chi connectivity index (χ0) is 18.2. The standard InChI is InChI=1S/C23H16FN3/c24-18-5-1-4-17(13-18)23-21(15-7-10-25-11-8-15)20(14-27-23)19-6-2-3-16-9-12-26-22(16)19/h1-14,26-27H. The number of nitrogens with zero attached hydrogens (tertiary/aromatic N) is 1. The van der Waals surface area contributed by atoms with Gasteiger partial charge in [-0.3, -0.25) is 4.98 Å². The Morgan fingerprint density at radius 1 is 0.778 bits per heavy atom. The maximum absolute atomic E-state index is 13.9. The lowest BCUT2D eigenvalue weighted by molar-refractivity contribution is 0.628. The third-order valence-electron chi connectivity index (χ3n) is 4.84. The molecule has 0 aliphatic rings. The first-order chi connectivity index (χ1) is 13.3. The van der Waals surface area contributed by atoms with Gasteiger partial charge in [-0.1, -0.05) is 30.3 Å². The van der Waals surface area contributed by atoms with Gasteiger partial charge in [0, 0.05) is 47.0 Å². The van der Waals surface area contributed by atoms with Crippen molar-refractivity contribution in [3.8, 4) is 33.5 Å². The fourth-order valence-corrected chi connectivity index (χ4v) is 3.64. The lowest BCUT2D eigenvalue weighted by Gasteiger charge is -2.10. The largest absolute Gasteiger partial charge is 0.361 e. The molecule has 2 aromatic carbocycles. The van der Waals surface area contributed by atoms with E-state index >= 15 is 0 Å². The van der Waals surface area contributed by atoms with Gasteiger partial charge < -0.3 is 9.97 Å². The second-order valence-corrected chi connectivity index (χ2v) is 6.45. The molecule has 0 aliphatic carbocycles. The number of nitrogens with one attached hydrogen (secondary N) is 2. The Morgan fingerprint density at radius 2 is 1.63 bits per heavy atom. The molecular weight excluding hydrogens is 337 g/mol. The molecule has 0 aliphatic heterocycles. The molecule has 0 saturated carbocycles. The van der Waals surface area contributed by atoms with Crippen LogP contribution in [0, 0.1) is 5.82 Å². The van der Waals surface area contributed by atoms with Gasteiger partial charge in [0.05, 0.1) is 11.2 Å². The summed E-state index contributed by atoms with van der Waals surface area (Å²) in [6, 6.07) is 18.9. The van der Waals surface area contributed by atoms with Crippen LogP contribution in [0.5, 0.6) is 0 Å². The van der Waals surface area contributed by atoms with Gasteiger partial charge in [-0.25, -0.2) is 4.39 Å². The van der Waals surface area contributed by atoms with Crippen LogP contribution in [0.25, 0.3) is 44.4 Å². The maximum atomic E-state index is 13.9. The number of benzene rings is 2. The molecular formula is C23H16FN3. The van der Waals surface area contributed by atoms with Crippen molar-refractivity contribution < 1.29 is 4.39 Å². The number of hydrogen-bond acceptors (Lipinski definition) is 1. The third kappa shape index (κ3) is 2.62. The number of rotatable bonds is 3. The quantitative estimate of drug-likeness (QED) is 0.408. The summed E-state index contributed by atoms with van der Waals surface area (Å²) < 4.78 is 13.9. The molecule has 0 bridgehead atoms. The first-order valence-electron chi connectivity index (χ1n) is 8.75. The van der Waals surface area contributed by atoms with Crippen LogP contribution in [0.4, 0.5) is 4.39 Å². The Labute approximate surface area is 155 Å². The van der Waals surface area contributed by atoms with Crippen molar-refractivity contribution >= 4 is 10.9 Å². The molecule has 5 aromatic rings. The summed E-state index contributed by atoms with van der Waals surface area (Å²) >= 11 is 0. The zero-order valence-corrected chi connectivity index (χ0v) is 14.4. The van der Waals surface area contributed by atoms with Crippen molar-refractivity contribution in [2.75, 3.05) is 0 Å². The van der Waals surface area contributed by atoms with Crippen molar-refractivity contribution in [1.82, 2.24) is 15.0 Å². The molecule has 3 aromatic heterocycles. The molecule has 2 N–H and O–H groups in total. The SMILES string of the molecule is Fc1cccc(-c2[nH]cc(-c3cccc4cc[nH]c34)c2-c2ccncc2)c1. The summed E-state index contributed by atoms with van der Waals surface area (Å²) in [7, 11) is 0. The van der Waals surface area contributed by atoms with E-state index in [0.29, 0.717) is 0 Å². The average molecular weight is 353 g/mol. The molecule has 0 unspecified atom stereocenters. The number of fused-ring (bicyclic) bond motifs is 1. The summed E-state index contributed by atoms with van der Waals surface area (Å²) in [5.74, 6) is -0.254. The molecule has 4 heteroatoms. The van der Waals surface area contributed by atoms with E-state index in [1.807, 2.05) is 30.6 Å². The Balaban J connectivity index is 1.82. The van der Waals surface area contributed by atoms with Crippen molar-refractivity contribution in [3.63, 3.8) is 0 Å². The number of H-pyrrole nitrogens is 2. The Kier molecular flexibility index (Phi) is 3.61. The summed E-state index contributed by atoms with van der Waals surface area (Å²) in [4.78, 5) is 10.8. The summed E-state index contributed by atoms with van der Waals surface area (Å²) in [5.41, 5.74) is 7.01. The summed E-state index contributed by atoms with van der Waals surface area (Å²) in [6.07, 6.45) is 7.49. The zero-order valence-electron chi connectivity index (χ0n) is 14.4. The first-order valence-corrected chi connectivity index (χ1v) is 8.75. The number of aromatic amines is 2. The smallest absolute Gasteiger partial charge is 0.123 e. The van der Waals surface area contributed by atoms with Crippen molar-refractivity contribution in [2.45, 2.75) is 0 Å². The van der Waals surface area contributed by atoms with Crippen LogP contribution in [0.2, 0.25) is 0 Å². The predicted molar refractivity (Wildman–Crippen MR) is 107 cm³/mol. The maximum Gasteiger partial charge on any atom is 0.123 e. The highest BCUT2D eigenvalue weighted by Gasteiger charge is 2.18. The highest BCUT2D eigenvalue weighted by atomic mass is 19.1. The molecule has 3 heterocycles. The average Bonchev–Trinajstić information content (AvgIpc) is 3.35. The third-order valence-corrected chi connectivity index (χ3v) is 4.84. The van der Waals surface area contributed by atoms with Gasteiger partial charge in [-0.15, -0.1) is 0 Å². The van der Waals surface area contributed by atoms with Gasteiger partial charge in [0.1, 0.15) is 5.82 Å². The van der Waals surface area contributed by atoms with Gasteiger partial charge >= 0.3 is 0 Å². The fourth-order valence-electron chi connectivity index (χ4n) is 3.64. The molecule has 0 atom stereocenters. The second kappa shape index (κ2) is 6.25. The molecule has 27 heavy (non-hydrogen) atoms. The Bertz CT molecular complexity index is 1230. The molecule has 3 nitrogen and oxygen atoms in total. The number of aromatic nitrogens is 3. The van der Waals surface area contributed by atoms with Gasteiger partial charge in [0.2, 0.25) is 0 Å². The van der Waals surface area contributed by atoms with E-state index in [-0.39, 0.29) is 5.82 Å². The minimum Gasteiger partial charge on any atom is -0.361 e. The molecule has 0 spiro atoms. The molecule has 130 valence electrons. The number of pyridine rings is 1. The highest BCUT2D eigenvalue weighted by molar-refractivity contribution is 6.01. The van der Waals surface area contributed by atoms with Crippen LogP contribution in [-0.2, 0) is 0 Å². The lowest BCUT2D eigenvalue weighted by atomic mass is 9.94. The van der Waals surface area contributed by atoms with E-state index in [1.165, 1.54) is 6.07 Å². The monoisotopic (exact) mass is 353 g/mol. The predicted octanol–water partition coefficient (Wildman–Crippen LogP) is 6.03. The fraction of sp³-hybridized carbons (Fsp3) is 0. The van der Waals surface area contributed by atoms with Crippen molar-refractivity contribution in [3.05, 3.63) is 91.3 Å². The van der Waals surface area contributed by atoms with Gasteiger partial charge in [0.15, 0.2) is 0 Å². The molecule has 0 amide bonds. The van der Waals surface area contributed by atoms with Crippen LogP contribution in [0.1, 0.15) is 0 Å². The van der Waals surface area contributed by atoms with Crippen molar-refractivity contribution in [2.24, 2.45) is 0 Å². The molecule has 0 radical (unpaired) electrons. The summed E-state index contributed by atoms with van der Waals surface area (Å²) in [5, 5.41) is 1.15. The molecule has 5 rings (SSSR count). The van der Waals surface area contributed by atoms with Crippen LogP contribution in [0.15, 0.2) is 85.5 Å². The topological polar surface area (TPSA) is 44.5 Å². The minimum absolute atomic E-state index is 0.254. The molecule has 0 fully saturated rings. The lowest BCUT2D eigenvalue weighted by Crippen LogP contribution is -1.87. The van der Waals surface area contributed by atoms with Gasteiger partial charge in [-0.2, -0.15) is 0 Å². The number of hydrogen-bond donors (Lipinski definition) is 2. The van der Waals surface area contributed by atoms with Crippen LogP contribution >= 0.6 is 0 Å². The van der Waals surface area contributed by atoms with E-state index in [4.69, 9.17) is 0 Å². The van der Waals surface area contributed by atoms with E-state index in [1.54, 1.807) is 24.5 Å². The highest BCUT2D eigenvalue weighted by Crippen LogP contribution is 2.41. The second-order valence-electron chi connectivity index (χ2n) is 6.45. The van der Waals surface area contributed by atoms with E-state index in [0.717, 1.165) is 44.4 Å². The normalized spacial score (nSPS) is 11.1. The minimum atomic E-state index is -0.254. The van der Waals surface area contributed by atoms with Crippen molar-refractivity contribution in [1.29, 1.82) is 0 Å². The van der Waals surface area contributed by atoms with Crippen LogP contribution in [0.3, 0.4) is 0 Å². The van der Waals surface area contributed by atoms with E-state index in [2.05, 4.69) is 39.2 Å². The van der Waals surface area contributed by atoms with E-state index < -0.39 is 0 Å². The van der Waals surface area contributed by atoms with Crippen LogP contribution in [-0.4, -0.2) is 15.0 Å². The van der Waals surface area contributed by atoms with Crippen LogP contribution < -0.4 is 0 Å². The first kappa shape index (κ1) is 15.6. The van der Waals surface area contributed by atoms with E-state index in [9.17, 15) is 4.39 Å². The summed E-state index contributed by atoms with van der Waals surface area (Å²) in [6.45, 7) is 0. The molecule has 0 saturated heterocycles. The number of halogens is 1. The van der Waals surface area contributed by atoms with Gasteiger partial charge in [0.25, 0.3) is 0 Å². The Hall–Kier alpha value is -3.66. The number of para-hydroxylation sites is 1. The Morgan fingerprint density at radius 3 is 2.48 bits per heavy atom. The van der Waals surface area contributed by atoms with Gasteiger partial charge in [-0.05, 0) is 41.3 Å².